The van der Waals surface area contributed by atoms with E-state index in [0.29, 0.717) is 27.0 Å². The monoisotopic (exact) mass is 492 g/mol. The lowest BCUT2D eigenvalue weighted by atomic mass is 9.98. The summed E-state index contributed by atoms with van der Waals surface area (Å²) in [6, 6.07) is 15.6. The number of carbonyl (C=O) groups is 2. The highest BCUT2D eigenvalue weighted by atomic mass is 35.5. The zero-order valence-corrected chi connectivity index (χ0v) is 20.3. The lowest BCUT2D eigenvalue weighted by molar-refractivity contribution is -0.134. The lowest BCUT2D eigenvalue weighted by Crippen LogP contribution is -2.06. The van der Waals surface area contributed by atoms with Crippen LogP contribution >= 0.6 is 22.9 Å². The number of ether oxygens (including phenoxy) is 2. The summed E-state index contributed by atoms with van der Waals surface area (Å²) < 4.78 is 11.6. The minimum Gasteiger partial charge on any atom is -0.508 e. The Hall–Kier alpha value is -3.61. The van der Waals surface area contributed by atoms with Crippen molar-refractivity contribution in [1.82, 2.24) is 0 Å². The van der Waals surface area contributed by atoms with Crippen molar-refractivity contribution in [3.8, 4) is 17.2 Å². The Morgan fingerprint density at radius 2 is 1.68 bits per heavy atom. The number of phenolic OH excluding ortho intramolecular Hbond substituents is 1. The largest absolute Gasteiger partial charge is 0.508 e. The van der Waals surface area contributed by atoms with Gasteiger partial charge in [0.25, 0.3) is 0 Å². The molecule has 0 unspecified atom stereocenters. The molecule has 0 fully saturated rings. The number of hydrogen-bond acceptors (Lipinski definition) is 6. The second-order valence-electron chi connectivity index (χ2n) is 7.71. The van der Waals surface area contributed by atoms with Gasteiger partial charge in [-0.2, -0.15) is 0 Å². The van der Waals surface area contributed by atoms with E-state index in [2.05, 4.69) is 4.74 Å². The number of esters is 1. The number of benzene rings is 3. The maximum atomic E-state index is 13.7. The molecule has 1 heterocycles. The van der Waals surface area contributed by atoms with Gasteiger partial charge < -0.3 is 14.6 Å². The number of thiophene rings is 1. The summed E-state index contributed by atoms with van der Waals surface area (Å²) in [5.74, 6) is 0.461. The first-order valence-corrected chi connectivity index (χ1v) is 11.6. The van der Waals surface area contributed by atoms with Crippen molar-refractivity contribution in [2.24, 2.45) is 0 Å². The van der Waals surface area contributed by atoms with E-state index in [1.54, 1.807) is 60.7 Å². The Morgan fingerprint density at radius 3 is 2.32 bits per heavy atom. The smallest absolute Gasteiger partial charge is 0.330 e. The average molecular weight is 493 g/mol. The number of phenols is 1. The van der Waals surface area contributed by atoms with Crippen LogP contribution < -0.4 is 4.74 Å². The number of halogens is 1. The van der Waals surface area contributed by atoms with Crippen LogP contribution in [0.15, 0.2) is 60.7 Å². The Morgan fingerprint density at radius 1 is 1.00 bits per heavy atom. The molecule has 0 amide bonds. The normalized spacial score (nSPS) is 11.2. The Kier molecular flexibility index (Phi) is 6.72. The molecule has 3 aromatic carbocycles. The average Bonchev–Trinajstić information content (AvgIpc) is 3.14. The molecule has 1 aromatic heterocycles. The minimum atomic E-state index is -0.440. The van der Waals surface area contributed by atoms with Crippen LogP contribution in [0.4, 0.5) is 0 Å². The van der Waals surface area contributed by atoms with E-state index in [1.165, 1.54) is 24.5 Å². The van der Waals surface area contributed by atoms with Gasteiger partial charge in [0.1, 0.15) is 16.4 Å². The number of fused-ring (bicyclic) bond motifs is 1. The standard InChI is InChI=1S/C27H21ClO5S/c1-15-12-18(28)13-16(2)24(15)25(31)27-26(21-10-7-19(29)14-22(21)34-27)33-20-8-4-17(5-9-20)6-11-23(30)32-3/h4-14,29H,1-3H3/b11-6+. The van der Waals surface area contributed by atoms with Crippen molar-refractivity contribution in [2.75, 3.05) is 7.11 Å². The number of methoxy groups -OCH3 is 1. The molecule has 0 aliphatic heterocycles. The molecule has 4 aromatic rings. The second kappa shape index (κ2) is 9.71. The maximum Gasteiger partial charge on any atom is 0.330 e. The highest BCUT2D eigenvalue weighted by Gasteiger charge is 2.24. The number of aromatic hydroxyl groups is 1. The van der Waals surface area contributed by atoms with Gasteiger partial charge >= 0.3 is 5.97 Å². The first kappa shape index (κ1) is 23.5. The summed E-state index contributed by atoms with van der Waals surface area (Å²) >= 11 is 7.43. The number of rotatable bonds is 6. The molecule has 0 aliphatic carbocycles. The minimum absolute atomic E-state index is 0.111. The molecule has 0 spiro atoms. The Labute approximate surface area is 205 Å². The number of carbonyl (C=O) groups excluding carboxylic acids is 2. The quantitative estimate of drug-likeness (QED) is 0.177. The van der Waals surface area contributed by atoms with Crippen molar-refractivity contribution >= 4 is 50.9 Å². The lowest BCUT2D eigenvalue weighted by Gasteiger charge is -2.11. The van der Waals surface area contributed by atoms with Crippen LogP contribution in [0.3, 0.4) is 0 Å². The molecule has 1 N–H and O–H groups in total. The summed E-state index contributed by atoms with van der Waals surface area (Å²) in [5.41, 5.74) is 2.93. The van der Waals surface area contributed by atoms with Crippen molar-refractivity contribution in [3.05, 3.63) is 92.8 Å². The number of ketones is 1. The molecule has 0 bridgehead atoms. The van der Waals surface area contributed by atoms with E-state index in [1.807, 2.05) is 13.8 Å². The first-order chi connectivity index (χ1) is 16.3. The molecule has 172 valence electrons. The molecular weight excluding hydrogens is 472 g/mol. The Bertz CT molecular complexity index is 1410. The van der Waals surface area contributed by atoms with Gasteiger partial charge in [0.15, 0.2) is 5.75 Å². The van der Waals surface area contributed by atoms with Crippen molar-refractivity contribution in [2.45, 2.75) is 13.8 Å². The maximum absolute atomic E-state index is 13.7. The summed E-state index contributed by atoms with van der Waals surface area (Å²) in [6.45, 7) is 3.71. The first-order valence-electron chi connectivity index (χ1n) is 10.4. The van der Waals surface area contributed by atoms with Crippen LogP contribution in [-0.4, -0.2) is 24.0 Å². The van der Waals surface area contributed by atoms with Gasteiger partial charge in [-0.25, -0.2) is 4.79 Å². The van der Waals surface area contributed by atoms with Crippen LogP contribution in [-0.2, 0) is 9.53 Å². The van der Waals surface area contributed by atoms with Gasteiger partial charge in [0, 0.05) is 26.7 Å². The highest BCUT2D eigenvalue weighted by Crippen LogP contribution is 2.43. The van der Waals surface area contributed by atoms with Crippen molar-refractivity contribution in [3.63, 3.8) is 0 Å². The second-order valence-corrected chi connectivity index (χ2v) is 9.20. The summed E-state index contributed by atoms with van der Waals surface area (Å²) in [7, 11) is 1.32. The van der Waals surface area contributed by atoms with Gasteiger partial charge in [0.2, 0.25) is 5.78 Å². The molecule has 0 saturated carbocycles. The fourth-order valence-electron chi connectivity index (χ4n) is 3.69. The highest BCUT2D eigenvalue weighted by molar-refractivity contribution is 7.21. The van der Waals surface area contributed by atoms with E-state index in [9.17, 15) is 14.7 Å². The molecule has 0 aliphatic rings. The summed E-state index contributed by atoms with van der Waals surface area (Å²) in [4.78, 5) is 25.4. The third-order valence-electron chi connectivity index (χ3n) is 5.27. The van der Waals surface area contributed by atoms with E-state index < -0.39 is 5.97 Å². The molecule has 0 saturated heterocycles. The van der Waals surface area contributed by atoms with Gasteiger partial charge in [-0.3, -0.25) is 4.79 Å². The predicted molar refractivity (Wildman–Crippen MR) is 135 cm³/mol. The van der Waals surface area contributed by atoms with Crippen LogP contribution in [0, 0.1) is 13.8 Å². The van der Waals surface area contributed by atoms with Crippen LogP contribution in [0.25, 0.3) is 16.2 Å². The van der Waals surface area contributed by atoms with E-state index in [4.69, 9.17) is 16.3 Å². The fourth-order valence-corrected chi connectivity index (χ4v) is 5.13. The number of aryl methyl sites for hydroxylation is 2. The molecule has 5 nitrogen and oxygen atoms in total. The molecule has 34 heavy (non-hydrogen) atoms. The van der Waals surface area contributed by atoms with Crippen molar-refractivity contribution < 1.29 is 24.2 Å². The van der Waals surface area contributed by atoms with Crippen LogP contribution in [0.1, 0.15) is 31.9 Å². The molecule has 0 radical (unpaired) electrons. The zero-order valence-electron chi connectivity index (χ0n) is 18.7. The molecule has 4 rings (SSSR count). The van der Waals surface area contributed by atoms with Crippen molar-refractivity contribution in [1.29, 1.82) is 0 Å². The number of hydrogen-bond donors (Lipinski definition) is 1. The van der Waals surface area contributed by atoms with Crippen LogP contribution in [0.5, 0.6) is 17.2 Å². The fraction of sp³-hybridized carbons (Fsp3) is 0.111. The molecule has 0 atom stereocenters. The topological polar surface area (TPSA) is 72.8 Å². The van der Waals surface area contributed by atoms with Gasteiger partial charge in [-0.15, -0.1) is 11.3 Å². The van der Waals surface area contributed by atoms with Gasteiger partial charge in [0.05, 0.1) is 7.11 Å². The zero-order chi connectivity index (χ0) is 24.4. The third kappa shape index (κ3) is 4.83. The molecule has 7 heteroatoms. The molecular formula is C27H21ClO5S. The Balaban J connectivity index is 1.76. The van der Waals surface area contributed by atoms with Gasteiger partial charge in [-0.05, 0) is 79.1 Å². The summed E-state index contributed by atoms with van der Waals surface area (Å²) in [5, 5.41) is 11.3. The van der Waals surface area contributed by atoms with E-state index in [0.717, 1.165) is 26.8 Å². The van der Waals surface area contributed by atoms with E-state index >= 15 is 0 Å². The SMILES string of the molecule is COC(=O)/C=C/c1ccc(Oc2c(C(=O)c3c(C)cc(Cl)cc3C)sc3cc(O)ccc23)cc1. The van der Waals surface area contributed by atoms with E-state index in [-0.39, 0.29) is 11.5 Å². The third-order valence-corrected chi connectivity index (χ3v) is 6.62. The van der Waals surface area contributed by atoms with Gasteiger partial charge in [-0.1, -0.05) is 23.7 Å². The summed E-state index contributed by atoms with van der Waals surface area (Å²) in [6.07, 6.45) is 2.97. The predicted octanol–water partition coefficient (Wildman–Crippen LogP) is 7.09. The van der Waals surface area contributed by atoms with Crippen LogP contribution in [0.2, 0.25) is 5.02 Å².